The Morgan fingerprint density at radius 3 is 2.94 bits per heavy atom. The highest BCUT2D eigenvalue weighted by Crippen LogP contribution is 2.16. The average molecular weight is 267 g/mol. The summed E-state index contributed by atoms with van der Waals surface area (Å²) in [5.41, 5.74) is 0.751. The van der Waals surface area contributed by atoms with Crippen molar-refractivity contribution in [1.29, 1.82) is 0 Å². The summed E-state index contributed by atoms with van der Waals surface area (Å²) in [5.74, 6) is -0.478. The number of hydrogen-bond donors (Lipinski definition) is 0. The van der Waals surface area contributed by atoms with Gasteiger partial charge >= 0.3 is 10.8 Å². The van der Waals surface area contributed by atoms with E-state index in [1.165, 1.54) is 4.57 Å². The molecule has 0 fully saturated rings. The lowest BCUT2D eigenvalue weighted by atomic mass is 10.3. The highest BCUT2D eigenvalue weighted by molar-refractivity contribution is 7.16. The largest absolute Gasteiger partial charge is 0.437 e. The van der Waals surface area contributed by atoms with Crippen LogP contribution in [0.3, 0.4) is 0 Å². The first-order chi connectivity index (χ1) is 8.72. The second-order valence-corrected chi connectivity index (χ2v) is 4.54. The lowest BCUT2D eigenvalue weighted by Crippen LogP contribution is -2.21. The third kappa shape index (κ3) is 2.77. The Morgan fingerprint density at radius 2 is 2.17 bits per heavy atom. The van der Waals surface area contributed by atoms with Crippen molar-refractivity contribution in [3.8, 4) is 0 Å². The molecule has 0 N–H and O–H groups in total. The zero-order valence-electron chi connectivity index (χ0n) is 9.92. The minimum Gasteiger partial charge on any atom is -0.437 e. The molecule has 0 aliphatic carbocycles. The molecule has 0 atom stereocenters. The van der Waals surface area contributed by atoms with Gasteiger partial charge in [0.05, 0.1) is 10.2 Å². The van der Waals surface area contributed by atoms with Gasteiger partial charge in [-0.1, -0.05) is 23.5 Å². The zero-order valence-corrected chi connectivity index (χ0v) is 10.7. The third-order valence-electron chi connectivity index (χ3n) is 2.37. The number of thiazole rings is 1. The fraction of sp³-hybridized carbons (Fsp3) is 0.333. The van der Waals surface area contributed by atoms with Crippen LogP contribution in [0, 0.1) is 0 Å². The molecule has 1 aromatic carbocycles. The third-order valence-corrected chi connectivity index (χ3v) is 3.33. The summed E-state index contributed by atoms with van der Waals surface area (Å²) in [5, 5.41) is 0. The van der Waals surface area contributed by atoms with Gasteiger partial charge in [0.15, 0.2) is 6.79 Å². The van der Waals surface area contributed by atoms with Gasteiger partial charge in [-0.25, -0.2) is 0 Å². The molecule has 1 aromatic heterocycles. The lowest BCUT2D eigenvalue weighted by Gasteiger charge is -2.05. The average Bonchev–Trinajstić information content (AvgIpc) is 2.67. The number of aromatic nitrogens is 1. The van der Waals surface area contributed by atoms with Crippen molar-refractivity contribution in [2.75, 3.05) is 13.4 Å². The maximum Gasteiger partial charge on any atom is 0.328 e. The van der Waals surface area contributed by atoms with Crippen molar-refractivity contribution in [2.45, 2.75) is 13.5 Å². The van der Waals surface area contributed by atoms with Crippen LogP contribution in [0.4, 0.5) is 0 Å². The molecule has 2 aromatic rings. The molecule has 0 saturated heterocycles. The number of carbonyl (C=O) groups is 1. The predicted octanol–water partition coefficient (Wildman–Crippen LogP) is 1.60. The number of carbonyl (C=O) groups excluding carboxylic acids is 1. The van der Waals surface area contributed by atoms with E-state index in [9.17, 15) is 9.59 Å². The molecule has 2 rings (SSSR count). The summed E-state index contributed by atoms with van der Waals surface area (Å²) in [4.78, 5) is 23.1. The molecule has 0 amide bonds. The Bertz CT molecular complexity index is 601. The number of fused-ring (bicyclic) bond motifs is 1. The van der Waals surface area contributed by atoms with E-state index < -0.39 is 5.97 Å². The molecular formula is C12H13NO4S. The first-order valence-electron chi connectivity index (χ1n) is 5.54. The van der Waals surface area contributed by atoms with Gasteiger partial charge in [-0.15, -0.1) is 0 Å². The van der Waals surface area contributed by atoms with Crippen molar-refractivity contribution in [3.63, 3.8) is 0 Å². The number of para-hydroxylation sites is 1. The fourth-order valence-corrected chi connectivity index (χ4v) is 2.42. The second kappa shape index (κ2) is 5.79. The van der Waals surface area contributed by atoms with Crippen LogP contribution < -0.4 is 4.87 Å². The fourth-order valence-electron chi connectivity index (χ4n) is 1.53. The van der Waals surface area contributed by atoms with E-state index in [0.29, 0.717) is 6.61 Å². The molecule has 96 valence electrons. The van der Waals surface area contributed by atoms with E-state index in [4.69, 9.17) is 9.47 Å². The van der Waals surface area contributed by atoms with E-state index in [2.05, 4.69) is 0 Å². The maximum atomic E-state index is 11.7. The Labute approximate surface area is 108 Å². The van der Waals surface area contributed by atoms with E-state index >= 15 is 0 Å². The molecule has 0 aliphatic rings. The molecule has 0 unspecified atom stereocenters. The summed E-state index contributed by atoms with van der Waals surface area (Å²) < 4.78 is 12.0. The minimum absolute atomic E-state index is 0.0772. The molecule has 0 bridgehead atoms. The molecule has 6 heteroatoms. The van der Waals surface area contributed by atoms with Gasteiger partial charge in [-0.3, -0.25) is 14.2 Å². The van der Waals surface area contributed by atoms with Gasteiger partial charge in [0.2, 0.25) is 0 Å². The van der Waals surface area contributed by atoms with Gasteiger partial charge in [-0.05, 0) is 19.1 Å². The van der Waals surface area contributed by atoms with Crippen molar-refractivity contribution in [3.05, 3.63) is 33.9 Å². The van der Waals surface area contributed by atoms with Crippen LogP contribution in [-0.2, 0) is 20.8 Å². The molecule has 0 radical (unpaired) electrons. The number of esters is 1. The van der Waals surface area contributed by atoms with Crippen molar-refractivity contribution in [1.82, 2.24) is 4.57 Å². The summed E-state index contributed by atoms with van der Waals surface area (Å²) in [6.07, 6.45) is 0. The van der Waals surface area contributed by atoms with Crippen molar-refractivity contribution in [2.24, 2.45) is 0 Å². The standard InChI is InChI=1S/C12H13NO4S/c1-2-16-8-17-11(14)7-13-9-5-3-4-6-10(9)18-12(13)15/h3-6H,2,7-8H2,1H3. The Balaban J connectivity index is 2.14. The van der Waals surface area contributed by atoms with Crippen molar-refractivity contribution < 1.29 is 14.3 Å². The van der Waals surface area contributed by atoms with Crippen LogP contribution in [0.15, 0.2) is 29.1 Å². The predicted molar refractivity (Wildman–Crippen MR) is 68.7 cm³/mol. The minimum atomic E-state index is -0.478. The van der Waals surface area contributed by atoms with Crippen LogP contribution in [-0.4, -0.2) is 23.9 Å². The Kier molecular flexibility index (Phi) is 4.11. The van der Waals surface area contributed by atoms with E-state index in [1.54, 1.807) is 0 Å². The topological polar surface area (TPSA) is 57.5 Å². The monoisotopic (exact) mass is 267 g/mol. The highest BCUT2D eigenvalue weighted by Gasteiger charge is 2.11. The summed E-state index contributed by atoms with van der Waals surface area (Å²) in [6.45, 7) is 2.13. The zero-order chi connectivity index (χ0) is 13.0. The van der Waals surface area contributed by atoms with E-state index in [-0.39, 0.29) is 18.2 Å². The number of ether oxygens (including phenoxy) is 2. The van der Waals surface area contributed by atoms with E-state index in [1.807, 2.05) is 31.2 Å². The van der Waals surface area contributed by atoms with Gasteiger partial charge in [-0.2, -0.15) is 0 Å². The smallest absolute Gasteiger partial charge is 0.328 e. The number of nitrogens with zero attached hydrogens (tertiary/aromatic N) is 1. The molecule has 0 saturated carbocycles. The Morgan fingerprint density at radius 1 is 1.39 bits per heavy atom. The van der Waals surface area contributed by atoms with Crippen LogP contribution in [0.1, 0.15) is 6.92 Å². The van der Waals surface area contributed by atoms with Crippen LogP contribution in [0.25, 0.3) is 10.2 Å². The van der Waals surface area contributed by atoms with Gasteiger partial charge in [0.1, 0.15) is 6.54 Å². The van der Waals surface area contributed by atoms with Crippen LogP contribution in [0.2, 0.25) is 0 Å². The van der Waals surface area contributed by atoms with Crippen LogP contribution >= 0.6 is 11.3 Å². The van der Waals surface area contributed by atoms with E-state index in [0.717, 1.165) is 21.6 Å². The molecule has 1 heterocycles. The van der Waals surface area contributed by atoms with Gasteiger partial charge in [0, 0.05) is 6.61 Å². The Hall–Kier alpha value is -1.66. The maximum absolute atomic E-state index is 11.7. The summed E-state index contributed by atoms with van der Waals surface area (Å²) >= 11 is 1.12. The molecular weight excluding hydrogens is 254 g/mol. The normalized spacial score (nSPS) is 10.7. The van der Waals surface area contributed by atoms with Crippen molar-refractivity contribution >= 4 is 27.5 Å². The molecule has 5 nitrogen and oxygen atoms in total. The first kappa shape index (κ1) is 12.8. The number of benzene rings is 1. The first-order valence-corrected chi connectivity index (χ1v) is 6.35. The number of rotatable bonds is 5. The lowest BCUT2D eigenvalue weighted by molar-refractivity contribution is -0.156. The summed E-state index contributed by atoms with van der Waals surface area (Å²) in [7, 11) is 0. The summed E-state index contributed by atoms with van der Waals surface area (Å²) in [6, 6.07) is 7.35. The molecule has 0 aliphatic heterocycles. The quantitative estimate of drug-likeness (QED) is 0.469. The molecule has 0 spiro atoms. The van der Waals surface area contributed by atoms with Gasteiger partial charge in [0.25, 0.3) is 0 Å². The highest BCUT2D eigenvalue weighted by atomic mass is 32.1. The number of hydrogen-bond acceptors (Lipinski definition) is 5. The van der Waals surface area contributed by atoms with Gasteiger partial charge < -0.3 is 9.47 Å². The SMILES string of the molecule is CCOCOC(=O)Cn1c(=O)sc2ccccc21. The molecule has 18 heavy (non-hydrogen) atoms. The second-order valence-electron chi connectivity index (χ2n) is 3.55. The van der Waals surface area contributed by atoms with Crippen LogP contribution in [0.5, 0.6) is 0 Å².